The quantitative estimate of drug-likeness (QED) is 0.479. The molecule has 0 fully saturated rings. The lowest BCUT2D eigenvalue weighted by atomic mass is 10.3. The van der Waals surface area contributed by atoms with Gasteiger partial charge < -0.3 is 15.4 Å². The van der Waals surface area contributed by atoms with Crippen LogP contribution >= 0.6 is 11.6 Å². The molecule has 5 heteroatoms. The van der Waals surface area contributed by atoms with Gasteiger partial charge in [-0.1, -0.05) is 11.6 Å². The van der Waals surface area contributed by atoms with Crippen molar-refractivity contribution in [1.82, 2.24) is 10.6 Å². The molecule has 0 aliphatic heterocycles. The molecule has 19 heavy (non-hydrogen) atoms. The molecule has 0 unspecified atom stereocenters. The number of halogens is 1. The summed E-state index contributed by atoms with van der Waals surface area (Å²) in [4.78, 5) is 4.43. The van der Waals surface area contributed by atoms with Gasteiger partial charge >= 0.3 is 0 Å². The Kier molecular flexibility index (Phi) is 7.11. The minimum atomic E-state index is 0.356. The van der Waals surface area contributed by atoms with Gasteiger partial charge in [-0.25, -0.2) is 4.99 Å². The second-order valence-electron chi connectivity index (χ2n) is 4.36. The number of nitrogens with zero attached hydrogens (tertiary/aromatic N) is 1. The van der Waals surface area contributed by atoms with Gasteiger partial charge in [0.1, 0.15) is 12.4 Å². The number of benzene rings is 1. The zero-order valence-electron chi connectivity index (χ0n) is 11.7. The Hall–Kier alpha value is -1.42. The van der Waals surface area contributed by atoms with Crippen LogP contribution in [0.2, 0.25) is 5.02 Å². The van der Waals surface area contributed by atoms with Crippen LogP contribution in [0.5, 0.6) is 5.75 Å². The summed E-state index contributed by atoms with van der Waals surface area (Å²) in [6.45, 7) is 8.19. The maximum Gasteiger partial charge on any atom is 0.191 e. The number of rotatable bonds is 6. The first-order valence-corrected chi connectivity index (χ1v) is 6.92. The average molecular weight is 284 g/mol. The van der Waals surface area contributed by atoms with E-state index < -0.39 is 0 Å². The fourth-order valence-corrected chi connectivity index (χ4v) is 1.57. The van der Waals surface area contributed by atoms with Crippen LogP contribution in [-0.2, 0) is 0 Å². The molecule has 0 aromatic heterocycles. The highest BCUT2D eigenvalue weighted by Crippen LogP contribution is 2.15. The maximum absolute atomic E-state index is 5.80. The third-order valence-corrected chi connectivity index (χ3v) is 2.47. The van der Waals surface area contributed by atoms with E-state index in [0.29, 0.717) is 24.2 Å². The molecule has 0 atom stereocenters. The first-order chi connectivity index (χ1) is 9.11. The number of ether oxygens (including phenoxy) is 1. The Bertz CT molecular complexity index is 390. The third kappa shape index (κ3) is 6.91. The number of nitrogens with one attached hydrogen (secondary N) is 2. The molecule has 0 aliphatic rings. The van der Waals surface area contributed by atoms with Crippen LogP contribution in [0.15, 0.2) is 29.3 Å². The van der Waals surface area contributed by atoms with Gasteiger partial charge in [-0.3, -0.25) is 0 Å². The second-order valence-corrected chi connectivity index (χ2v) is 4.80. The zero-order chi connectivity index (χ0) is 14.1. The molecule has 1 aromatic rings. The van der Waals surface area contributed by atoms with E-state index in [1.165, 1.54) is 0 Å². The molecule has 0 radical (unpaired) electrons. The van der Waals surface area contributed by atoms with Gasteiger partial charge in [0.25, 0.3) is 0 Å². The van der Waals surface area contributed by atoms with Crippen molar-refractivity contribution in [1.29, 1.82) is 0 Å². The van der Waals surface area contributed by atoms with Crippen LogP contribution in [0.25, 0.3) is 0 Å². The Morgan fingerprint density at radius 1 is 1.32 bits per heavy atom. The van der Waals surface area contributed by atoms with Crippen molar-refractivity contribution in [3.63, 3.8) is 0 Å². The van der Waals surface area contributed by atoms with Crippen molar-refractivity contribution >= 4 is 17.6 Å². The summed E-state index contributed by atoms with van der Waals surface area (Å²) in [6.07, 6.45) is 0. The molecule has 1 rings (SSSR count). The minimum Gasteiger partial charge on any atom is -0.492 e. The van der Waals surface area contributed by atoms with E-state index in [9.17, 15) is 0 Å². The molecule has 0 amide bonds. The van der Waals surface area contributed by atoms with Crippen molar-refractivity contribution in [2.45, 2.75) is 26.8 Å². The summed E-state index contributed by atoms with van der Waals surface area (Å²) in [6, 6.07) is 7.68. The number of guanidine groups is 1. The van der Waals surface area contributed by atoms with Crippen LogP contribution in [0.3, 0.4) is 0 Å². The molecule has 0 heterocycles. The predicted octanol–water partition coefficient (Wildman–Crippen LogP) is 2.68. The molecule has 106 valence electrons. The summed E-state index contributed by atoms with van der Waals surface area (Å²) < 4.78 is 5.57. The average Bonchev–Trinajstić information content (AvgIpc) is 2.36. The van der Waals surface area contributed by atoms with Crippen molar-refractivity contribution < 1.29 is 4.74 Å². The molecule has 4 nitrogen and oxygen atoms in total. The van der Waals surface area contributed by atoms with E-state index in [0.717, 1.165) is 18.3 Å². The SMILES string of the molecule is CCNC(=NCCOc1ccc(Cl)cc1)NC(C)C. The van der Waals surface area contributed by atoms with E-state index in [-0.39, 0.29) is 0 Å². The third-order valence-electron chi connectivity index (χ3n) is 2.21. The fraction of sp³-hybridized carbons (Fsp3) is 0.500. The fourth-order valence-electron chi connectivity index (χ4n) is 1.45. The zero-order valence-corrected chi connectivity index (χ0v) is 12.5. The van der Waals surface area contributed by atoms with Gasteiger partial charge in [0, 0.05) is 17.6 Å². The molecule has 2 N–H and O–H groups in total. The van der Waals surface area contributed by atoms with Crippen LogP contribution in [0.1, 0.15) is 20.8 Å². The molecule has 0 aliphatic carbocycles. The highest BCUT2D eigenvalue weighted by molar-refractivity contribution is 6.30. The molecule has 0 spiro atoms. The first-order valence-electron chi connectivity index (χ1n) is 6.55. The highest BCUT2D eigenvalue weighted by Gasteiger charge is 1.99. The van der Waals surface area contributed by atoms with Gasteiger partial charge in [-0.15, -0.1) is 0 Å². The largest absolute Gasteiger partial charge is 0.492 e. The van der Waals surface area contributed by atoms with E-state index >= 15 is 0 Å². The lowest BCUT2D eigenvalue weighted by Crippen LogP contribution is -2.41. The Morgan fingerprint density at radius 2 is 2.00 bits per heavy atom. The van der Waals surface area contributed by atoms with Crippen LogP contribution in [-0.4, -0.2) is 31.7 Å². The van der Waals surface area contributed by atoms with Crippen molar-refractivity contribution in [3.8, 4) is 5.75 Å². The Labute approximate surface area is 120 Å². The van der Waals surface area contributed by atoms with Gasteiger partial charge in [0.15, 0.2) is 5.96 Å². The molecular weight excluding hydrogens is 262 g/mol. The van der Waals surface area contributed by atoms with E-state index in [4.69, 9.17) is 16.3 Å². The summed E-state index contributed by atoms with van der Waals surface area (Å²) >= 11 is 5.80. The molecule has 0 saturated carbocycles. The van der Waals surface area contributed by atoms with Crippen molar-refractivity contribution in [2.24, 2.45) is 4.99 Å². The number of hydrogen-bond acceptors (Lipinski definition) is 2. The number of aliphatic imine (C=N–C) groups is 1. The van der Waals surface area contributed by atoms with Crippen molar-refractivity contribution in [3.05, 3.63) is 29.3 Å². The monoisotopic (exact) mass is 283 g/mol. The molecule has 1 aromatic carbocycles. The standard InChI is InChI=1S/C14H22ClN3O/c1-4-16-14(18-11(2)3)17-9-10-19-13-7-5-12(15)6-8-13/h5-8,11H,4,9-10H2,1-3H3,(H2,16,17,18). The summed E-state index contributed by atoms with van der Waals surface area (Å²) in [7, 11) is 0. The smallest absolute Gasteiger partial charge is 0.191 e. The van der Waals surface area contributed by atoms with E-state index in [1.807, 2.05) is 31.2 Å². The Morgan fingerprint density at radius 3 is 2.58 bits per heavy atom. The predicted molar refractivity (Wildman–Crippen MR) is 81.2 cm³/mol. The topological polar surface area (TPSA) is 45.7 Å². The van der Waals surface area contributed by atoms with Crippen molar-refractivity contribution in [2.75, 3.05) is 19.7 Å². The number of hydrogen-bond donors (Lipinski definition) is 2. The van der Waals surface area contributed by atoms with Crippen LogP contribution in [0.4, 0.5) is 0 Å². The van der Waals surface area contributed by atoms with E-state index in [1.54, 1.807) is 0 Å². The summed E-state index contributed by atoms with van der Waals surface area (Å²) in [5.41, 5.74) is 0. The lowest BCUT2D eigenvalue weighted by molar-refractivity contribution is 0.328. The van der Waals surface area contributed by atoms with Crippen LogP contribution in [0, 0.1) is 0 Å². The second kappa shape index (κ2) is 8.64. The van der Waals surface area contributed by atoms with Gasteiger partial charge in [-0.2, -0.15) is 0 Å². The maximum atomic E-state index is 5.80. The highest BCUT2D eigenvalue weighted by atomic mass is 35.5. The summed E-state index contributed by atoms with van der Waals surface area (Å²) in [5.74, 6) is 1.62. The van der Waals surface area contributed by atoms with Gasteiger partial charge in [-0.05, 0) is 45.0 Å². The molecule has 0 saturated heterocycles. The molecule has 0 bridgehead atoms. The summed E-state index contributed by atoms with van der Waals surface area (Å²) in [5, 5.41) is 7.15. The lowest BCUT2D eigenvalue weighted by Gasteiger charge is -2.14. The normalized spacial score (nSPS) is 11.5. The van der Waals surface area contributed by atoms with Gasteiger partial charge in [0.2, 0.25) is 0 Å². The van der Waals surface area contributed by atoms with Crippen LogP contribution < -0.4 is 15.4 Å². The minimum absolute atomic E-state index is 0.356. The van der Waals surface area contributed by atoms with Gasteiger partial charge in [0.05, 0.1) is 6.54 Å². The first kappa shape index (κ1) is 15.6. The van der Waals surface area contributed by atoms with E-state index in [2.05, 4.69) is 29.5 Å². The Balaban J connectivity index is 2.35. The molecular formula is C14H22ClN3O.